The van der Waals surface area contributed by atoms with E-state index < -0.39 is 0 Å². The van der Waals surface area contributed by atoms with Crippen LogP contribution in [0, 0.1) is 0 Å². The van der Waals surface area contributed by atoms with Gasteiger partial charge in [-0.05, 0) is 108 Å². The molecule has 5 aromatic rings. The molecule has 184 valence electrons. The molecule has 37 heavy (non-hydrogen) atoms. The number of halogens is 1. The summed E-state index contributed by atoms with van der Waals surface area (Å²) in [5, 5.41) is 1.96. The summed E-state index contributed by atoms with van der Waals surface area (Å²) in [5.41, 5.74) is 12.6. The predicted octanol–water partition coefficient (Wildman–Crippen LogP) is 9.45. The van der Waals surface area contributed by atoms with Crippen molar-refractivity contribution in [2.45, 2.75) is 51.9 Å². The van der Waals surface area contributed by atoms with Crippen molar-refractivity contribution in [3.63, 3.8) is 0 Å². The Morgan fingerprint density at radius 1 is 0.676 bits per heavy atom. The number of nitrogens with zero attached hydrogens (tertiary/aromatic N) is 1. The van der Waals surface area contributed by atoms with Gasteiger partial charge in [0, 0.05) is 21.5 Å². The molecule has 0 atom stereocenters. The molecule has 4 aliphatic rings. The molecular weight excluding hydrogens is 470 g/mol. The van der Waals surface area contributed by atoms with E-state index in [-0.39, 0.29) is 0 Å². The third-order valence-electron chi connectivity index (χ3n) is 7.69. The Labute approximate surface area is 225 Å². The number of benzene rings is 4. The van der Waals surface area contributed by atoms with Crippen molar-refractivity contribution in [3.05, 3.63) is 124 Å². The van der Waals surface area contributed by atoms with Gasteiger partial charge in [0.25, 0.3) is 0 Å². The fourth-order valence-electron chi connectivity index (χ4n) is 5.48. The lowest BCUT2D eigenvalue weighted by Crippen LogP contribution is -2.02. The van der Waals surface area contributed by atoms with E-state index in [2.05, 4.69) is 85.8 Å². The molecule has 0 saturated carbocycles. The van der Waals surface area contributed by atoms with Crippen molar-refractivity contribution in [3.8, 4) is 22.4 Å². The number of hydrogen-bond acceptors (Lipinski definition) is 1. The SMILES string of the molecule is CCCCc1ccc2nc(-c3cc4ccc3CCc3ccc(cc3)CC4)c(-c3ccc(Cl)cc3)cc2c1. The minimum absolute atomic E-state index is 0.753. The number of aryl methyl sites for hydroxylation is 5. The number of fused-ring (bicyclic) bond motifs is 1. The lowest BCUT2D eigenvalue weighted by molar-refractivity contribution is 0.796. The molecule has 4 aliphatic carbocycles. The minimum Gasteiger partial charge on any atom is -0.247 e. The summed E-state index contributed by atoms with van der Waals surface area (Å²) in [5.74, 6) is 0. The Hall–Kier alpha value is -3.42. The molecule has 0 spiro atoms. The molecule has 4 bridgehead atoms. The summed E-state index contributed by atoms with van der Waals surface area (Å²) >= 11 is 6.28. The highest BCUT2D eigenvalue weighted by atomic mass is 35.5. The van der Waals surface area contributed by atoms with Gasteiger partial charge in [0.05, 0.1) is 11.2 Å². The van der Waals surface area contributed by atoms with E-state index in [1.807, 2.05) is 12.1 Å². The highest BCUT2D eigenvalue weighted by Gasteiger charge is 2.17. The smallest absolute Gasteiger partial charge is 0.0790 e. The van der Waals surface area contributed by atoms with Crippen LogP contribution in [-0.2, 0) is 32.1 Å². The highest BCUT2D eigenvalue weighted by molar-refractivity contribution is 6.30. The Morgan fingerprint density at radius 2 is 1.38 bits per heavy atom. The fraction of sp³-hybridized carbons (Fsp3) is 0.229. The zero-order valence-electron chi connectivity index (χ0n) is 21.4. The van der Waals surface area contributed by atoms with Crippen molar-refractivity contribution in [2.24, 2.45) is 0 Å². The first-order chi connectivity index (χ1) is 18.2. The number of hydrogen-bond donors (Lipinski definition) is 0. The lowest BCUT2D eigenvalue weighted by Gasteiger charge is -2.18. The van der Waals surface area contributed by atoms with Crippen LogP contribution in [0.25, 0.3) is 33.3 Å². The van der Waals surface area contributed by atoms with E-state index in [9.17, 15) is 0 Å². The van der Waals surface area contributed by atoms with Crippen molar-refractivity contribution >= 4 is 22.5 Å². The quantitative estimate of drug-likeness (QED) is 0.233. The van der Waals surface area contributed by atoms with E-state index in [1.54, 1.807) is 0 Å². The molecule has 0 N–H and O–H groups in total. The summed E-state index contributed by atoms with van der Waals surface area (Å²) in [6.07, 6.45) is 7.61. The predicted molar refractivity (Wildman–Crippen MR) is 157 cm³/mol. The van der Waals surface area contributed by atoms with Crippen LogP contribution in [0.4, 0.5) is 0 Å². The zero-order valence-corrected chi connectivity index (χ0v) is 22.2. The molecule has 0 aliphatic heterocycles. The fourth-order valence-corrected chi connectivity index (χ4v) is 5.60. The van der Waals surface area contributed by atoms with Gasteiger partial charge in [0.2, 0.25) is 0 Å². The van der Waals surface area contributed by atoms with Crippen molar-refractivity contribution < 1.29 is 0 Å². The van der Waals surface area contributed by atoms with Gasteiger partial charge in [0.15, 0.2) is 0 Å². The van der Waals surface area contributed by atoms with Gasteiger partial charge < -0.3 is 0 Å². The van der Waals surface area contributed by atoms with E-state index in [0.29, 0.717) is 0 Å². The van der Waals surface area contributed by atoms with Crippen LogP contribution in [0.15, 0.2) is 91.0 Å². The Bertz CT molecular complexity index is 1550. The average Bonchev–Trinajstić information content (AvgIpc) is 2.93. The molecular formula is C35H32ClN. The normalized spacial score (nSPS) is 13.0. The van der Waals surface area contributed by atoms with Crippen LogP contribution < -0.4 is 0 Å². The summed E-state index contributed by atoms with van der Waals surface area (Å²) in [6.45, 7) is 2.25. The van der Waals surface area contributed by atoms with Gasteiger partial charge in [-0.15, -0.1) is 0 Å². The van der Waals surface area contributed by atoms with Gasteiger partial charge in [-0.3, -0.25) is 0 Å². The Morgan fingerprint density at radius 3 is 2.14 bits per heavy atom. The standard InChI is InChI=1S/C35H32ClN/c1-2-3-4-26-13-20-34-30(21-26)23-33(29-16-18-31(36)19-17-29)35(37-34)32-22-27-10-9-24-5-7-25(8-6-24)11-14-28(32)15-12-27/h5-8,12-13,15-23H,2-4,9-11,14H2,1H3. The maximum atomic E-state index is 6.28. The molecule has 4 aromatic carbocycles. The second kappa shape index (κ2) is 10.5. The Balaban J connectivity index is 1.53. The molecule has 1 heterocycles. The molecule has 0 amide bonds. The van der Waals surface area contributed by atoms with Gasteiger partial charge in [-0.1, -0.05) is 79.5 Å². The number of aromatic nitrogens is 1. The van der Waals surface area contributed by atoms with E-state index >= 15 is 0 Å². The lowest BCUT2D eigenvalue weighted by atomic mass is 9.89. The van der Waals surface area contributed by atoms with Crippen LogP contribution in [0.1, 0.15) is 47.6 Å². The number of unbranched alkanes of at least 4 members (excludes halogenated alkanes) is 1. The minimum atomic E-state index is 0.753. The van der Waals surface area contributed by atoms with E-state index in [0.717, 1.165) is 53.9 Å². The maximum absolute atomic E-state index is 6.28. The Kier molecular flexibility index (Phi) is 6.81. The second-order valence-electron chi connectivity index (χ2n) is 10.3. The molecule has 0 unspecified atom stereocenters. The van der Waals surface area contributed by atoms with Crippen LogP contribution in [0.2, 0.25) is 5.02 Å². The van der Waals surface area contributed by atoms with Gasteiger partial charge in [-0.25, -0.2) is 4.98 Å². The van der Waals surface area contributed by atoms with Crippen LogP contribution in [0.5, 0.6) is 0 Å². The van der Waals surface area contributed by atoms with Gasteiger partial charge in [0.1, 0.15) is 0 Å². The van der Waals surface area contributed by atoms with Gasteiger partial charge in [-0.2, -0.15) is 0 Å². The van der Waals surface area contributed by atoms with E-state index in [4.69, 9.17) is 16.6 Å². The molecule has 0 saturated heterocycles. The summed E-state index contributed by atoms with van der Waals surface area (Å²) in [7, 11) is 0. The largest absolute Gasteiger partial charge is 0.247 e. The zero-order chi connectivity index (χ0) is 25.2. The third kappa shape index (κ3) is 5.20. The topological polar surface area (TPSA) is 12.9 Å². The second-order valence-corrected chi connectivity index (χ2v) is 10.8. The van der Waals surface area contributed by atoms with Crippen LogP contribution in [-0.4, -0.2) is 4.98 Å². The van der Waals surface area contributed by atoms with Gasteiger partial charge >= 0.3 is 0 Å². The summed E-state index contributed by atoms with van der Waals surface area (Å²) in [6, 6.07) is 33.6. The average molecular weight is 502 g/mol. The molecule has 0 radical (unpaired) electrons. The van der Waals surface area contributed by atoms with Crippen molar-refractivity contribution in [1.29, 1.82) is 0 Å². The van der Waals surface area contributed by atoms with Crippen LogP contribution >= 0.6 is 11.6 Å². The van der Waals surface area contributed by atoms with Crippen LogP contribution in [0.3, 0.4) is 0 Å². The molecule has 0 fully saturated rings. The maximum Gasteiger partial charge on any atom is 0.0790 e. The van der Waals surface area contributed by atoms with Crippen molar-refractivity contribution in [2.75, 3.05) is 0 Å². The monoisotopic (exact) mass is 501 g/mol. The number of pyridine rings is 1. The third-order valence-corrected chi connectivity index (χ3v) is 7.94. The van der Waals surface area contributed by atoms with E-state index in [1.165, 1.54) is 57.2 Å². The summed E-state index contributed by atoms with van der Waals surface area (Å²) in [4.78, 5) is 5.34. The first kappa shape index (κ1) is 23.9. The number of rotatable bonds is 5. The molecule has 2 heteroatoms. The highest BCUT2D eigenvalue weighted by Crippen LogP contribution is 2.37. The molecule has 9 rings (SSSR count). The molecule has 1 nitrogen and oxygen atoms in total. The molecule has 1 aromatic heterocycles. The summed E-state index contributed by atoms with van der Waals surface area (Å²) < 4.78 is 0. The first-order valence-electron chi connectivity index (χ1n) is 13.6. The van der Waals surface area contributed by atoms with Crippen molar-refractivity contribution in [1.82, 2.24) is 4.98 Å². The first-order valence-corrected chi connectivity index (χ1v) is 13.9.